The molecule has 15 rings (SSSR count). The second-order valence-corrected chi connectivity index (χ2v) is 20.1. The van der Waals surface area contributed by atoms with Gasteiger partial charge in [0, 0.05) is 72.5 Å². The average Bonchev–Trinajstić information content (AvgIpc) is 4.24. The predicted molar refractivity (Wildman–Crippen MR) is 327 cm³/mol. The molecule has 0 unspecified atom stereocenters. The fraction of sp³-hybridized carbons (Fsp3) is 0. The number of hydrogen-bond acceptors (Lipinski definition) is 4. The lowest BCUT2D eigenvalue weighted by Gasteiger charge is -2.26. The number of rotatable bonds is 10. The highest BCUT2D eigenvalue weighted by molar-refractivity contribution is 6.22. The van der Waals surface area contributed by atoms with Crippen molar-refractivity contribution in [2.45, 2.75) is 0 Å². The van der Waals surface area contributed by atoms with Crippen molar-refractivity contribution in [2.75, 3.05) is 9.80 Å². The smallest absolute Gasteiger partial charge is 0.143 e. The van der Waals surface area contributed by atoms with E-state index in [2.05, 4.69) is 301 Å². The number of nitrogens with zero attached hydrogens (tertiary/aromatic N) is 2. The third kappa shape index (κ3) is 7.94. The molecule has 4 nitrogen and oxygen atoms in total. The van der Waals surface area contributed by atoms with Crippen molar-refractivity contribution in [3.8, 4) is 44.5 Å². The first-order valence-electron chi connectivity index (χ1n) is 26.5. The zero-order chi connectivity index (χ0) is 51.5. The Hall–Kier alpha value is -10.4. The molecule has 0 radical (unpaired) electrons. The number of anilines is 6. The normalized spacial score (nSPS) is 11.6. The predicted octanol–water partition coefficient (Wildman–Crippen LogP) is 21.4. The van der Waals surface area contributed by atoms with Gasteiger partial charge in [0.1, 0.15) is 22.3 Å². The van der Waals surface area contributed by atoms with Gasteiger partial charge in [-0.25, -0.2) is 0 Å². The molecule has 0 saturated heterocycles. The Labute approximate surface area is 451 Å². The van der Waals surface area contributed by atoms with E-state index < -0.39 is 0 Å². The zero-order valence-electron chi connectivity index (χ0n) is 42.4. The van der Waals surface area contributed by atoms with Gasteiger partial charge >= 0.3 is 0 Å². The van der Waals surface area contributed by atoms with Crippen LogP contribution in [0, 0.1) is 0 Å². The number of fused-ring (bicyclic) bond motifs is 10. The molecular formula is C74H48N2O2. The Bertz CT molecular complexity index is 4200. The van der Waals surface area contributed by atoms with Crippen LogP contribution in [0.5, 0.6) is 0 Å². The third-order valence-corrected chi connectivity index (χ3v) is 15.4. The molecule has 78 heavy (non-hydrogen) atoms. The van der Waals surface area contributed by atoms with Crippen LogP contribution in [-0.4, -0.2) is 0 Å². The lowest BCUT2D eigenvalue weighted by molar-refractivity contribution is 0.660. The summed E-state index contributed by atoms with van der Waals surface area (Å²) in [7, 11) is 0. The molecule has 0 amide bonds. The molecule has 2 heterocycles. The van der Waals surface area contributed by atoms with Crippen LogP contribution in [0.15, 0.2) is 300 Å². The van der Waals surface area contributed by atoms with Gasteiger partial charge in [0.2, 0.25) is 0 Å². The molecule has 0 atom stereocenters. The van der Waals surface area contributed by atoms with Crippen LogP contribution in [0.3, 0.4) is 0 Å². The van der Waals surface area contributed by atoms with Gasteiger partial charge in [-0.15, -0.1) is 0 Å². The second kappa shape index (κ2) is 18.7. The molecule has 0 aliphatic heterocycles. The summed E-state index contributed by atoms with van der Waals surface area (Å²) in [4.78, 5) is 4.67. The molecule has 0 aliphatic carbocycles. The molecule has 0 N–H and O–H groups in total. The number of hydrogen-bond donors (Lipinski definition) is 0. The van der Waals surface area contributed by atoms with Gasteiger partial charge in [-0.1, -0.05) is 182 Å². The minimum atomic E-state index is 0.797. The van der Waals surface area contributed by atoms with Crippen LogP contribution in [-0.2, 0) is 0 Å². The van der Waals surface area contributed by atoms with Crippen molar-refractivity contribution >= 4 is 99.5 Å². The van der Waals surface area contributed by atoms with E-state index >= 15 is 0 Å². The lowest BCUT2D eigenvalue weighted by Crippen LogP contribution is -2.09. The van der Waals surface area contributed by atoms with E-state index in [0.717, 1.165) is 99.5 Å². The summed E-state index contributed by atoms with van der Waals surface area (Å²) in [5.74, 6) is 0. The lowest BCUT2D eigenvalue weighted by atomic mass is 10.0. The van der Waals surface area contributed by atoms with Gasteiger partial charge in [0.15, 0.2) is 0 Å². The quantitative estimate of drug-likeness (QED) is 0.137. The van der Waals surface area contributed by atoms with Crippen molar-refractivity contribution < 1.29 is 8.83 Å². The second-order valence-electron chi connectivity index (χ2n) is 20.1. The Morgan fingerprint density at radius 2 is 0.462 bits per heavy atom. The first-order chi connectivity index (χ1) is 38.6. The van der Waals surface area contributed by atoms with Gasteiger partial charge in [-0.3, -0.25) is 0 Å². The fourth-order valence-corrected chi connectivity index (χ4v) is 11.5. The largest absolute Gasteiger partial charge is 0.455 e. The maximum absolute atomic E-state index is 6.85. The van der Waals surface area contributed by atoms with Gasteiger partial charge in [-0.05, 0) is 158 Å². The molecule has 15 aromatic rings. The van der Waals surface area contributed by atoms with Crippen molar-refractivity contribution in [1.29, 1.82) is 0 Å². The van der Waals surface area contributed by atoms with Gasteiger partial charge in [0.05, 0.1) is 0 Å². The van der Waals surface area contributed by atoms with Gasteiger partial charge in [0.25, 0.3) is 0 Å². The van der Waals surface area contributed by atoms with Crippen molar-refractivity contribution in [3.63, 3.8) is 0 Å². The number of furan rings is 2. The van der Waals surface area contributed by atoms with E-state index in [1.807, 2.05) is 0 Å². The molecule has 0 bridgehead atoms. The summed E-state index contributed by atoms with van der Waals surface area (Å²) in [6, 6.07) is 104. The maximum Gasteiger partial charge on any atom is 0.143 e. The molecule has 0 aliphatic rings. The van der Waals surface area contributed by atoms with E-state index in [-0.39, 0.29) is 0 Å². The summed E-state index contributed by atoms with van der Waals surface area (Å²) in [5.41, 5.74) is 19.2. The monoisotopic (exact) mass is 996 g/mol. The minimum absolute atomic E-state index is 0.797. The minimum Gasteiger partial charge on any atom is -0.455 e. The van der Waals surface area contributed by atoms with Crippen LogP contribution >= 0.6 is 0 Å². The molecule has 0 fully saturated rings. The van der Waals surface area contributed by atoms with Gasteiger partial charge in [-0.2, -0.15) is 0 Å². The Morgan fingerprint density at radius 3 is 0.769 bits per heavy atom. The van der Waals surface area contributed by atoms with E-state index in [9.17, 15) is 0 Å². The van der Waals surface area contributed by atoms with E-state index in [1.165, 1.54) is 44.5 Å². The van der Waals surface area contributed by atoms with Crippen LogP contribution in [0.25, 0.3) is 110 Å². The highest BCUT2D eigenvalue weighted by atomic mass is 16.3. The molecule has 4 heteroatoms. The first kappa shape index (κ1) is 45.0. The molecule has 366 valence electrons. The average molecular weight is 997 g/mol. The van der Waals surface area contributed by atoms with Crippen molar-refractivity contribution in [3.05, 3.63) is 291 Å². The van der Waals surface area contributed by atoms with Crippen LogP contribution < -0.4 is 9.80 Å². The molecule has 13 aromatic carbocycles. The van der Waals surface area contributed by atoms with Crippen LogP contribution in [0.2, 0.25) is 0 Å². The number of benzene rings is 13. The zero-order valence-corrected chi connectivity index (χ0v) is 42.4. The summed E-state index contributed by atoms with van der Waals surface area (Å²) >= 11 is 0. The van der Waals surface area contributed by atoms with E-state index in [4.69, 9.17) is 8.83 Å². The molecular weight excluding hydrogens is 949 g/mol. The highest BCUT2D eigenvalue weighted by Crippen LogP contribution is 2.45. The molecule has 2 aromatic heterocycles. The Balaban J connectivity index is 0.786. The third-order valence-electron chi connectivity index (χ3n) is 15.4. The van der Waals surface area contributed by atoms with Gasteiger partial charge < -0.3 is 18.6 Å². The summed E-state index contributed by atoms with van der Waals surface area (Å²) < 4.78 is 13.7. The van der Waals surface area contributed by atoms with Crippen molar-refractivity contribution in [2.24, 2.45) is 0 Å². The SMILES string of the molecule is c1ccc(-c2ccc(N(c3ccc(-c4ccccc4)cc3)c3ccc4c(ccc5c6cc7c(cc6oc45)oc4c5ccc(N(c6ccc(-c8ccccc8)cc6)c6ccc(-c8ccccc8)cc6)cc5ccc74)c3)cc2)cc1. The summed E-state index contributed by atoms with van der Waals surface area (Å²) in [6.07, 6.45) is 0. The van der Waals surface area contributed by atoms with Crippen molar-refractivity contribution in [1.82, 2.24) is 0 Å². The van der Waals surface area contributed by atoms with Crippen LogP contribution in [0.4, 0.5) is 34.1 Å². The summed E-state index contributed by atoms with van der Waals surface area (Å²) in [5, 5.41) is 8.58. The van der Waals surface area contributed by atoms with E-state index in [0.29, 0.717) is 0 Å². The van der Waals surface area contributed by atoms with E-state index in [1.54, 1.807) is 0 Å². The highest BCUT2D eigenvalue weighted by Gasteiger charge is 2.21. The molecule has 0 saturated carbocycles. The maximum atomic E-state index is 6.85. The molecule has 0 spiro atoms. The Morgan fingerprint density at radius 1 is 0.192 bits per heavy atom. The first-order valence-corrected chi connectivity index (χ1v) is 26.5. The Kier molecular flexibility index (Phi) is 10.8. The van der Waals surface area contributed by atoms with Crippen LogP contribution in [0.1, 0.15) is 0 Å². The fourth-order valence-electron chi connectivity index (χ4n) is 11.5. The summed E-state index contributed by atoms with van der Waals surface area (Å²) in [6.45, 7) is 0. The topological polar surface area (TPSA) is 32.8 Å². The standard InChI is InChI=1S/C74H48N2O2/c1-5-13-49(14-6-1)53-21-31-59(32-22-53)75(60-33-23-54(24-34-60)50-15-7-2-8-16-50)63-39-43-65-57(45-63)29-41-67-69-47-70-68-42-30-58-46-64(40-44-66(58)74(68)78-72(70)48-71(69)77-73(65)67)76(61-35-25-55(26-36-61)51-17-9-3-10-18-51)62-37-27-56(28-38-62)52-19-11-4-12-20-52/h1-48H.